The van der Waals surface area contributed by atoms with Gasteiger partial charge in [0.05, 0.1) is 19.8 Å². The van der Waals surface area contributed by atoms with Crippen molar-refractivity contribution >= 4 is 24.5 Å². The summed E-state index contributed by atoms with van der Waals surface area (Å²) in [5.74, 6) is 0.811. The molecule has 0 amide bonds. The quantitative estimate of drug-likeness (QED) is 0.193. The highest BCUT2D eigenvalue weighted by molar-refractivity contribution is 6.98. The number of hydrogen-bond donors (Lipinski definition) is 1. The summed E-state index contributed by atoms with van der Waals surface area (Å²) in [5, 5.41) is 1.37. The molecule has 0 aliphatic carbocycles. The molecule has 198 valence electrons. The van der Waals surface area contributed by atoms with E-state index in [4.69, 9.17) is 14.2 Å². The number of ketones is 1. The third kappa shape index (κ3) is 5.98. The largest absolute Gasteiger partial charge is 0.493 e. The Morgan fingerprint density at radius 3 is 1.95 bits per heavy atom. The summed E-state index contributed by atoms with van der Waals surface area (Å²) in [6, 6.07) is 21.8. The first kappa shape index (κ1) is 28.6. The van der Waals surface area contributed by atoms with Gasteiger partial charge in [0.1, 0.15) is 6.61 Å². The van der Waals surface area contributed by atoms with Gasteiger partial charge in [-0.05, 0) is 52.4 Å². The highest BCUT2D eigenvalue weighted by Crippen LogP contribution is 2.43. The van der Waals surface area contributed by atoms with E-state index in [-0.39, 0.29) is 12.4 Å². The molecule has 0 heterocycles. The molecule has 0 radical (unpaired) electrons. The van der Waals surface area contributed by atoms with E-state index in [2.05, 4.69) is 20.8 Å². The molecule has 0 spiro atoms. The van der Waals surface area contributed by atoms with Gasteiger partial charge < -0.3 is 19.0 Å². The molecule has 3 rings (SSSR count). The molecule has 3 aromatic rings. The highest BCUT2D eigenvalue weighted by Gasteiger charge is 2.50. The highest BCUT2D eigenvalue weighted by atomic mass is 28.4. The van der Waals surface area contributed by atoms with E-state index in [1.54, 1.807) is 14.2 Å². The average molecular weight is 521 g/mol. The van der Waals surface area contributed by atoms with E-state index in [1.165, 1.54) is 0 Å². The van der Waals surface area contributed by atoms with Crippen LogP contribution < -0.4 is 19.8 Å². The molecule has 0 aliphatic heterocycles. The van der Waals surface area contributed by atoms with Crippen molar-refractivity contribution in [3.8, 4) is 11.5 Å². The van der Waals surface area contributed by atoms with Gasteiger partial charge in [-0.3, -0.25) is 4.79 Å². The molecule has 0 saturated heterocycles. The molecular formula is C31H40O5Si. The summed E-state index contributed by atoms with van der Waals surface area (Å²) < 4.78 is 17.0. The minimum atomic E-state index is -3.24. The average Bonchev–Trinajstić information content (AvgIpc) is 2.92. The van der Waals surface area contributed by atoms with Crippen LogP contribution in [-0.2, 0) is 11.2 Å². The Balaban J connectivity index is 2.10. The molecule has 0 saturated carbocycles. The molecule has 0 bridgehead atoms. The van der Waals surface area contributed by atoms with Crippen molar-refractivity contribution in [2.75, 3.05) is 27.4 Å². The number of unbranched alkanes of at least 4 members (excludes halogenated alkanes) is 1. The topological polar surface area (TPSA) is 65.0 Å². The van der Waals surface area contributed by atoms with Crippen LogP contribution in [0.4, 0.5) is 0 Å². The van der Waals surface area contributed by atoms with Crippen LogP contribution in [0.1, 0.15) is 55.1 Å². The Morgan fingerprint density at radius 1 is 0.919 bits per heavy atom. The fraction of sp³-hybridized carbons (Fsp3) is 0.387. The van der Waals surface area contributed by atoms with Crippen molar-refractivity contribution < 1.29 is 23.8 Å². The first-order valence-electron chi connectivity index (χ1n) is 12.9. The number of hydrogen-bond acceptors (Lipinski definition) is 5. The standard InChI is InChI=1S/C31H40O5Si/c1-7-8-19-36-22-28(32)27-20-24(23(2)29(34-5)30(27)35-6)21-31(3,4)37(33,25-15-11-9-12-16-25)26-17-13-10-14-18-26/h9-18,20,33H,7-8,19,21-22H2,1-6H3. The van der Waals surface area contributed by atoms with Gasteiger partial charge >= 0.3 is 0 Å². The van der Waals surface area contributed by atoms with E-state index in [9.17, 15) is 9.59 Å². The van der Waals surface area contributed by atoms with E-state index >= 15 is 0 Å². The lowest BCUT2D eigenvalue weighted by atomic mass is 9.93. The van der Waals surface area contributed by atoms with Gasteiger partial charge in [-0.15, -0.1) is 0 Å². The molecular weight excluding hydrogens is 480 g/mol. The maximum absolute atomic E-state index is 13.2. The smallest absolute Gasteiger partial charge is 0.258 e. The Kier molecular flexibility index (Phi) is 9.71. The van der Waals surface area contributed by atoms with Crippen LogP contribution >= 0.6 is 0 Å². The molecule has 37 heavy (non-hydrogen) atoms. The lowest BCUT2D eigenvalue weighted by Crippen LogP contribution is -2.65. The number of benzene rings is 3. The van der Waals surface area contributed by atoms with Crippen LogP contribution in [0, 0.1) is 6.92 Å². The van der Waals surface area contributed by atoms with Crippen LogP contribution in [-0.4, -0.2) is 46.3 Å². The van der Waals surface area contributed by atoms with E-state index in [0.29, 0.717) is 30.1 Å². The SMILES string of the molecule is CCCCOCC(=O)c1cc(CC(C)(C)[Si](O)(c2ccccc2)c2ccccc2)c(C)c(OC)c1OC. The minimum Gasteiger partial charge on any atom is -0.493 e. The van der Waals surface area contributed by atoms with Crippen molar-refractivity contribution in [1.82, 2.24) is 0 Å². The number of carbonyl (C=O) groups excluding carboxylic acids is 1. The Bertz CT molecular complexity index is 1140. The summed E-state index contributed by atoms with van der Waals surface area (Å²) in [6.45, 7) is 8.82. The number of Topliss-reactive ketones (excluding diaryl/α,β-unsaturated/α-hetero) is 1. The molecule has 0 aromatic heterocycles. The lowest BCUT2D eigenvalue weighted by molar-refractivity contribution is 0.0751. The fourth-order valence-corrected chi connectivity index (χ4v) is 8.72. The van der Waals surface area contributed by atoms with Crippen LogP contribution in [0.15, 0.2) is 66.7 Å². The van der Waals surface area contributed by atoms with Crippen molar-refractivity contribution in [2.24, 2.45) is 0 Å². The number of rotatable bonds is 13. The summed E-state index contributed by atoms with van der Waals surface area (Å²) >= 11 is 0. The van der Waals surface area contributed by atoms with E-state index in [0.717, 1.165) is 34.3 Å². The van der Waals surface area contributed by atoms with Gasteiger partial charge in [0, 0.05) is 6.61 Å². The van der Waals surface area contributed by atoms with Crippen LogP contribution in [0.5, 0.6) is 11.5 Å². The number of methoxy groups -OCH3 is 2. The predicted molar refractivity (Wildman–Crippen MR) is 152 cm³/mol. The summed E-state index contributed by atoms with van der Waals surface area (Å²) in [4.78, 5) is 25.8. The number of ether oxygens (including phenoxy) is 3. The Morgan fingerprint density at radius 2 is 1.46 bits per heavy atom. The van der Waals surface area contributed by atoms with Crippen LogP contribution in [0.25, 0.3) is 0 Å². The maximum Gasteiger partial charge on any atom is 0.258 e. The molecule has 6 heteroatoms. The second-order valence-corrected chi connectivity index (χ2v) is 14.0. The van der Waals surface area contributed by atoms with Crippen LogP contribution in [0.3, 0.4) is 0 Å². The molecule has 0 unspecified atom stereocenters. The third-order valence-corrected chi connectivity index (χ3v) is 11.6. The van der Waals surface area contributed by atoms with Crippen molar-refractivity contribution in [2.45, 2.75) is 52.0 Å². The summed E-state index contributed by atoms with van der Waals surface area (Å²) in [7, 11) is -0.105. The van der Waals surface area contributed by atoms with Gasteiger partial charge in [0.15, 0.2) is 17.3 Å². The second kappa shape index (κ2) is 12.5. The first-order chi connectivity index (χ1) is 17.7. The van der Waals surface area contributed by atoms with Gasteiger partial charge in [0.2, 0.25) is 0 Å². The zero-order valence-electron chi connectivity index (χ0n) is 23.0. The van der Waals surface area contributed by atoms with Crippen LogP contribution in [0.2, 0.25) is 5.04 Å². The maximum atomic E-state index is 13.2. The van der Waals surface area contributed by atoms with Crippen molar-refractivity contribution in [3.63, 3.8) is 0 Å². The Hall–Kier alpha value is -2.93. The molecule has 0 atom stereocenters. The van der Waals surface area contributed by atoms with Gasteiger partial charge in [-0.25, -0.2) is 0 Å². The zero-order valence-corrected chi connectivity index (χ0v) is 24.0. The lowest BCUT2D eigenvalue weighted by Gasteiger charge is -2.41. The normalized spacial score (nSPS) is 11.9. The second-order valence-electron chi connectivity index (χ2n) is 10.1. The van der Waals surface area contributed by atoms with Gasteiger partial charge in [0.25, 0.3) is 8.32 Å². The monoisotopic (exact) mass is 520 g/mol. The number of carbonyl (C=O) groups is 1. The zero-order chi connectivity index (χ0) is 27.1. The third-order valence-electron chi connectivity index (χ3n) is 7.17. The molecule has 5 nitrogen and oxygen atoms in total. The van der Waals surface area contributed by atoms with Crippen molar-refractivity contribution in [1.29, 1.82) is 0 Å². The summed E-state index contributed by atoms with van der Waals surface area (Å²) in [5.41, 5.74) is 2.28. The molecule has 1 N–H and O–H groups in total. The van der Waals surface area contributed by atoms with E-state index < -0.39 is 13.4 Å². The van der Waals surface area contributed by atoms with Gasteiger partial charge in [-0.2, -0.15) is 0 Å². The summed E-state index contributed by atoms with van der Waals surface area (Å²) in [6.07, 6.45) is 2.46. The first-order valence-corrected chi connectivity index (χ1v) is 14.8. The molecule has 0 fully saturated rings. The predicted octanol–water partition coefficient (Wildman–Crippen LogP) is 5.09. The van der Waals surface area contributed by atoms with E-state index in [1.807, 2.05) is 73.7 Å². The van der Waals surface area contributed by atoms with Crippen molar-refractivity contribution in [3.05, 3.63) is 83.4 Å². The molecule has 3 aromatic carbocycles. The Labute approximate surface area is 222 Å². The molecule has 0 aliphatic rings. The minimum absolute atomic E-state index is 0.0157. The van der Waals surface area contributed by atoms with Gasteiger partial charge in [-0.1, -0.05) is 87.9 Å². The fourth-order valence-electron chi connectivity index (χ4n) is 5.03.